The van der Waals surface area contributed by atoms with Gasteiger partial charge in [0.05, 0.1) is 18.5 Å². The van der Waals surface area contributed by atoms with Crippen LogP contribution in [0, 0.1) is 6.92 Å². The maximum Gasteiger partial charge on any atom is 0.317 e. The van der Waals surface area contributed by atoms with E-state index in [0.717, 1.165) is 28.5 Å². The molecule has 0 bridgehead atoms. The Morgan fingerprint density at radius 3 is 2.96 bits per heavy atom. The first-order valence-corrected chi connectivity index (χ1v) is 8.67. The Bertz CT molecular complexity index is 882. The van der Waals surface area contributed by atoms with Gasteiger partial charge in [0.25, 0.3) is 5.91 Å². The molecular weight excluding hydrogens is 324 g/mol. The van der Waals surface area contributed by atoms with Crippen molar-refractivity contribution in [3.8, 4) is 0 Å². The molecule has 0 saturated carbocycles. The second-order valence-corrected chi connectivity index (χ2v) is 6.19. The SMILES string of the molecule is CC[n+]1c(SCC(=O)NN=Cc2ccc(C)o2)[nH]c2ccccc21. The molecular formula is C17H19N4O2S+. The average molecular weight is 343 g/mol. The lowest BCUT2D eigenvalue weighted by atomic mass is 10.3. The Hall–Kier alpha value is -2.54. The third-order valence-electron chi connectivity index (χ3n) is 3.48. The zero-order chi connectivity index (χ0) is 16.9. The summed E-state index contributed by atoms with van der Waals surface area (Å²) in [6.07, 6.45) is 1.49. The summed E-state index contributed by atoms with van der Waals surface area (Å²) in [6, 6.07) is 11.7. The monoisotopic (exact) mass is 343 g/mol. The summed E-state index contributed by atoms with van der Waals surface area (Å²) in [5, 5.41) is 4.86. The number of nitrogens with one attached hydrogen (secondary N) is 2. The molecule has 0 saturated heterocycles. The minimum Gasteiger partial charge on any atom is -0.460 e. The normalized spacial score (nSPS) is 11.4. The van der Waals surface area contributed by atoms with E-state index in [1.54, 1.807) is 6.07 Å². The molecule has 0 unspecified atom stereocenters. The first kappa shape index (κ1) is 16.3. The van der Waals surface area contributed by atoms with Crippen molar-refractivity contribution in [1.82, 2.24) is 10.4 Å². The van der Waals surface area contributed by atoms with E-state index in [9.17, 15) is 4.79 Å². The number of hydrogen-bond donors (Lipinski definition) is 2. The van der Waals surface area contributed by atoms with Gasteiger partial charge in [-0.25, -0.2) is 15.0 Å². The predicted molar refractivity (Wildman–Crippen MR) is 94.1 cm³/mol. The van der Waals surface area contributed by atoms with Gasteiger partial charge in [0.15, 0.2) is 11.0 Å². The van der Waals surface area contributed by atoms with Gasteiger partial charge in [-0.05, 0) is 49.9 Å². The summed E-state index contributed by atoms with van der Waals surface area (Å²) >= 11 is 1.45. The molecule has 0 aliphatic carbocycles. The zero-order valence-electron chi connectivity index (χ0n) is 13.6. The average Bonchev–Trinajstić information content (AvgIpc) is 3.15. The van der Waals surface area contributed by atoms with Gasteiger partial charge in [-0.2, -0.15) is 5.10 Å². The summed E-state index contributed by atoms with van der Waals surface area (Å²) in [5.74, 6) is 1.53. The third-order valence-corrected chi connectivity index (χ3v) is 4.48. The number of carbonyl (C=O) groups is 1. The van der Waals surface area contributed by atoms with Gasteiger partial charge in [-0.1, -0.05) is 12.1 Å². The highest BCUT2D eigenvalue weighted by molar-refractivity contribution is 7.99. The van der Waals surface area contributed by atoms with Crippen molar-refractivity contribution < 1.29 is 13.8 Å². The first-order chi connectivity index (χ1) is 11.7. The molecule has 2 N–H and O–H groups in total. The molecule has 2 aromatic heterocycles. The molecule has 3 aromatic rings. The Morgan fingerprint density at radius 1 is 1.38 bits per heavy atom. The first-order valence-electron chi connectivity index (χ1n) is 7.69. The Morgan fingerprint density at radius 2 is 2.21 bits per heavy atom. The lowest BCUT2D eigenvalue weighted by Gasteiger charge is -1.98. The smallest absolute Gasteiger partial charge is 0.317 e. The van der Waals surface area contributed by atoms with Crippen molar-refractivity contribution >= 4 is 34.9 Å². The number of imidazole rings is 1. The number of hydrogen-bond acceptors (Lipinski definition) is 4. The minimum absolute atomic E-state index is 0.166. The summed E-state index contributed by atoms with van der Waals surface area (Å²) in [5.41, 5.74) is 4.71. The number of hydrazone groups is 1. The number of furan rings is 1. The quantitative estimate of drug-likeness (QED) is 0.313. The zero-order valence-corrected chi connectivity index (χ0v) is 14.4. The molecule has 0 spiro atoms. The van der Waals surface area contributed by atoms with Crippen LogP contribution >= 0.6 is 11.8 Å². The van der Waals surface area contributed by atoms with Crippen molar-refractivity contribution in [1.29, 1.82) is 0 Å². The molecule has 2 heterocycles. The highest BCUT2D eigenvalue weighted by atomic mass is 32.2. The van der Waals surface area contributed by atoms with Gasteiger partial charge in [0.2, 0.25) is 0 Å². The molecule has 0 aliphatic heterocycles. The molecule has 6 nitrogen and oxygen atoms in total. The fraction of sp³-hybridized carbons (Fsp3) is 0.235. The third kappa shape index (κ3) is 3.68. The van der Waals surface area contributed by atoms with E-state index in [1.165, 1.54) is 18.0 Å². The van der Waals surface area contributed by atoms with E-state index < -0.39 is 0 Å². The Balaban J connectivity index is 1.59. The van der Waals surface area contributed by atoms with E-state index in [2.05, 4.69) is 33.1 Å². The van der Waals surface area contributed by atoms with E-state index in [0.29, 0.717) is 5.76 Å². The van der Waals surface area contributed by atoms with Crippen molar-refractivity contribution in [2.75, 3.05) is 5.75 Å². The number of aromatic amines is 1. The van der Waals surface area contributed by atoms with Crippen molar-refractivity contribution in [2.45, 2.75) is 25.5 Å². The lowest BCUT2D eigenvalue weighted by Crippen LogP contribution is -2.34. The van der Waals surface area contributed by atoms with Crippen LogP contribution in [0.3, 0.4) is 0 Å². The van der Waals surface area contributed by atoms with Crippen LogP contribution < -0.4 is 9.99 Å². The molecule has 7 heteroatoms. The minimum atomic E-state index is -0.166. The number of aromatic nitrogens is 2. The van der Waals surface area contributed by atoms with E-state index in [-0.39, 0.29) is 11.7 Å². The van der Waals surface area contributed by atoms with E-state index in [4.69, 9.17) is 4.42 Å². The van der Waals surface area contributed by atoms with E-state index in [1.807, 2.05) is 31.2 Å². The van der Waals surface area contributed by atoms with Gasteiger partial charge in [0.1, 0.15) is 11.5 Å². The van der Waals surface area contributed by atoms with Crippen molar-refractivity contribution in [2.24, 2.45) is 5.10 Å². The topological polar surface area (TPSA) is 74.3 Å². The second kappa shape index (κ2) is 7.35. The van der Waals surface area contributed by atoms with Gasteiger partial charge in [-0.15, -0.1) is 0 Å². The fourth-order valence-corrected chi connectivity index (χ4v) is 3.29. The number of amides is 1. The fourth-order valence-electron chi connectivity index (χ4n) is 2.39. The molecule has 1 amide bonds. The van der Waals surface area contributed by atoms with Crippen LogP contribution in [-0.2, 0) is 11.3 Å². The van der Waals surface area contributed by atoms with Gasteiger partial charge in [-0.3, -0.25) is 4.79 Å². The molecule has 0 aliphatic rings. The summed E-state index contributed by atoms with van der Waals surface area (Å²) in [4.78, 5) is 15.3. The van der Waals surface area contributed by atoms with Crippen LogP contribution in [0.4, 0.5) is 0 Å². The Labute approximate surface area is 143 Å². The summed E-state index contributed by atoms with van der Waals surface area (Å²) in [7, 11) is 0. The van der Waals surface area contributed by atoms with Gasteiger partial charge >= 0.3 is 5.16 Å². The van der Waals surface area contributed by atoms with Crippen LogP contribution in [-0.4, -0.2) is 22.9 Å². The largest absolute Gasteiger partial charge is 0.460 e. The lowest BCUT2D eigenvalue weighted by molar-refractivity contribution is -0.705. The van der Waals surface area contributed by atoms with Crippen LogP contribution in [0.1, 0.15) is 18.4 Å². The highest BCUT2D eigenvalue weighted by Gasteiger charge is 2.18. The van der Waals surface area contributed by atoms with Crippen molar-refractivity contribution in [3.05, 3.63) is 47.9 Å². The number of nitrogens with zero attached hydrogens (tertiary/aromatic N) is 2. The number of fused-ring (bicyclic) bond motifs is 1. The maximum absolute atomic E-state index is 11.9. The van der Waals surface area contributed by atoms with Crippen LogP contribution in [0.5, 0.6) is 0 Å². The molecule has 0 radical (unpaired) electrons. The molecule has 24 heavy (non-hydrogen) atoms. The van der Waals surface area contributed by atoms with Gasteiger partial charge < -0.3 is 4.42 Å². The number of carbonyl (C=O) groups excluding carboxylic acids is 1. The van der Waals surface area contributed by atoms with Crippen LogP contribution in [0.25, 0.3) is 11.0 Å². The molecule has 3 rings (SSSR count). The number of para-hydroxylation sites is 2. The van der Waals surface area contributed by atoms with Crippen LogP contribution in [0.2, 0.25) is 0 Å². The Kier molecular flexibility index (Phi) is 5.00. The number of H-pyrrole nitrogens is 1. The summed E-state index contributed by atoms with van der Waals surface area (Å²) < 4.78 is 7.50. The number of aryl methyl sites for hydroxylation is 2. The van der Waals surface area contributed by atoms with Crippen LogP contribution in [0.15, 0.2) is 51.1 Å². The molecule has 0 atom stereocenters. The highest BCUT2D eigenvalue weighted by Crippen LogP contribution is 2.17. The van der Waals surface area contributed by atoms with Crippen molar-refractivity contribution in [3.63, 3.8) is 0 Å². The predicted octanol–water partition coefficient (Wildman–Crippen LogP) is 2.62. The van der Waals surface area contributed by atoms with E-state index >= 15 is 0 Å². The molecule has 0 fully saturated rings. The number of benzene rings is 1. The summed E-state index contributed by atoms with van der Waals surface area (Å²) in [6.45, 7) is 4.78. The maximum atomic E-state index is 11.9. The standard InChI is InChI=1S/C17H18N4O2S/c1-3-21-15-7-5-4-6-14(15)19-17(21)24-11-16(22)20-18-10-13-9-8-12(2)23-13/h4-10H,3,11H2,1-2H3,(H,20,22)/p+1. The molecule has 124 valence electrons. The van der Waals surface area contributed by atoms with Gasteiger partial charge in [0, 0.05) is 0 Å². The number of thioether (sulfide) groups is 1. The number of rotatable bonds is 6. The molecule has 1 aromatic carbocycles. The second-order valence-electron chi connectivity index (χ2n) is 5.22.